The van der Waals surface area contributed by atoms with Gasteiger partial charge in [0.1, 0.15) is 6.04 Å². The molecule has 11 heteroatoms. The van der Waals surface area contributed by atoms with E-state index in [4.69, 9.17) is 29.4 Å². The van der Waals surface area contributed by atoms with E-state index in [2.05, 4.69) is 0 Å². The second kappa shape index (κ2) is 16.5. The fourth-order valence-electron chi connectivity index (χ4n) is 3.26. The molecule has 0 saturated carbocycles. The molecule has 11 nitrogen and oxygen atoms in total. The molecule has 0 aliphatic carbocycles. The minimum Gasteiger partial charge on any atom is -0.480 e. The van der Waals surface area contributed by atoms with E-state index in [1.807, 2.05) is 27.7 Å². The number of rotatable bonds is 15. The average Bonchev–Trinajstić information content (AvgIpc) is 2.89. The summed E-state index contributed by atoms with van der Waals surface area (Å²) in [7, 11) is 0. The number of carboxylic acids is 1. The molecule has 0 heterocycles. The number of hydrogen-bond donors (Lipinski definition) is 2. The van der Waals surface area contributed by atoms with Crippen molar-refractivity contribution in [3.05, 3.63) is 23.8 Å². The molecule has 0 aliphatic rings. The summed E-state index contributed by atoms with van der Waals surface area (Å²) in [6.07, 6.45) is -0.263. The van der Waals surface area contributed by atoms with E-state index in [-0.39, 0.29) is 49.6 Å². The highest BCUT2D eigenvalue weighted by atomic mass is 16.7. The third-order valence-corrected chi connectivity index (χ3v) is 6.19. The Kier molecular flexibility index (Phi) is 14.2. The molecule has 1 aromatic carbocycles. The maximum absolute atomic E-state index is 12.4. The first-order valence-electron chi connectivity index (χ1n) is 12.9. The lowest BCUT2D eigenvalue weighted by Gasteiger charge is -2.28. The number of hydrogen-bond acceptors (Lipinski definition) is 10. The summed E-state index contributed by atoms with van der Waals surface area (Å²) in [5.41, 5.74) is 6.37. The van der Waals surface area contributed by atoms with Crippen LogP contribution in [0, 0.1) is 17.8 Å². The van der Waals surface area contributed by atoms with E-state index in [0.717, 1.165) is 12.8 Å². The lowest BCUT2D eigenvalue weighted by molar-refractivity contribution is -0.145. The third kappa shape index (κ3) is 11.0. The van der Waals surface area contributed by atoms with Gasteiger partial charge in [0.2, 0.25) is 0 Å². The molecule has 0 aromatic heterocycles. The van der Waals surface area contributed by atoms with Crippen LogP contribution in [0.3, 0.4) is 0 Å². The molecule has 1 rings (SSSR count). The molecule has 0 spiro atoms. The van der Waals surface area contributed by atoms with Crippen LogP contribution in [0.15, 0.2) is 18.2 Å². The molecule has 38 heavy (non-hydrogen) atoms. The Bertz CT molecular complexity index is 934. The maximum atomic E-state index is 12.4. The number of nitrogens with two attached hydrogens (primary N) is 1. The van der Waals surface area contributed by atoms with E-state index in [1.54, 1.807) is 13.8 Å². The highest BCUT2D eigenvalue weighted by molar-refractivity contribution is 5.75. The zero-order chi connectivity index (χ0) is 28.8. The van der Waals surface area contributed by atoms with Crippen molar-refractivity contribution in [2.45, 2.75) is 72.8 Å². The molecule has 0 bridgehead atoms. The summed E-state index contributed by atoms with van der Waals surface area (Å²) >= 11 is 0. The van der Waals surface area contributed by atoms with Crippen molar-refractivity contribution in [1.29, 1.82) is 0 Å². The van der Waals surface area contributed by atoms with Crippen molar-refractivity contribution in [2.75, 3.05) is 19.8 Å². The molecule has 214 valence electrons. The first-order valence-corrected chi connectivity index (χ1v) is 12.9. The Morgan fingerprint density at radius 3 is 1.82 bits per heavy atom. The Morgan fingerprint density at radius 2 is 1.34 bits per heavy atom. The summed E-state index contributed by atoms with van der Waals surface area (Å²) in [5, 5.41) is 9.62. The van der Waals surface area contributed by atoms with Crippen LogP contribution in [0.5, 0.6) is 11.5 Å². The summed E-state index contributed by atoms with van der Waals surface area (Å²) < 4.78 is 26.1. The van der Waals surface area contributed by atoms with Gasteiger partial charge in [0.15, 0.2) is 11.5 Å². The lowest BCUT2D eigenvalue weighted by atomic mass is 9.82. The van der Waals surface area contributed by atoms with Gasteiger partial charge in [-0.2, -0.15) is 0 Å². The number of aliphatic carboxylic acids is 1. The van der Waals surface area contributed by atoms with E-state index in [0.29, 0.717) is 5.56 Å². The zero-order valence-electron chi connectivity index (χ0n) is 23.1. The van der Waals surface area contributed by atoms with Crippen molar-refractivity contribution < 1.29 is 48.0 Å². The van der Waals surface area contributed by atoms with Gasteiger partial charge in [-0.25, -0.2) is 9.59 Å². The molecular formula is C27H41NO10. The number of esters is 1. The SMILES string of the molecule is CCC(=O)OCC(C)C(c1ccc(OC(=O)OCC(C)CC)c(OC(=O)OCC(C)CC)c1)[C@H](N)C(=O)O. The van der Waals surface area contributed by atoms with Crippen LogP contribution >= 0.6 is 0 Å². The molecule has 0 radical (unpaired) electrons. The van der Waals surface area contributed by atoms with Crippen molar-refractivity contribution in [1.82, 2.24) is 0 Å². The Labute approximate surface area is 223 Å². The van der Waals surface area contributed by atoms with Crippen molar-refractivity contribution in [2.24, 2.45) is 23.5 Å². The second-order valence-electron chi connectivity index (χ2n) is 9.46. The Hall–Kier alpha value is -3.34. The third-order valence-electron chi connectivity index (χ3n) is 6.19. The van der Waals surface area contributed by atoms with Crippen molar-refractivity contribution >= 4 is 24.2 Å². The number of carbonyl (C=O) groups excluding carboxylic acids is 3. The highest BCUT2D eigenvalue weighted by Crippen LogP contribution is 2.36. The first-order chi connectivity index (χ1) is 17.9. The van der Waals surface area contributed by atoms with Crippen LogP contribution < -0.4 is 15.2 Å². The summed E-state index contributed by atoms with van der Waals surface area (Å²) in [4.78, 5) is 48.1. The van der Waals surface area contributed by atoms with E-state index < -0.39 is 42.1 Å². The first kappa shape index (κ1) is 32.7. The molecule has 1 aromatic rings. The lowest BCUT2D eigenvalue weighted by Crippen LogP contribution is -2.40. The number of carbonyl (C=O) groups is 4. The molecule has 5 atom stereocenters. The van der Waals surface area contributed by atoms with Crippen LogP contribution in [0.25, 0.3) is 0 Å². The van der Waals surface area contributed by atoms with E-state index >= 15 is 0 Å². The molecule has 0 saturated heterocycles. The van der Waals surface area contributed by atoms with Crippen LogP contribution in [0.4, 0.5) is 9.59 Å². The smallest absolute Gasteiger partial charge is 0.480 e. The van der Waals surface area contributed by atoms with Gasteiger partial charge < -0.3 is 34.5 Å². The molecule has 3 N–H and O–H groups in total. The average molecular weight is 540 g/mol. The predicted molar refractivity (Wildman–Crippen MR) is 138 cm³/mol. The van der Waals surface area contributed by atoms with Crippen molar-refractivity contribution in [3.63, 3.8) is 0 Å². The summed E-state index contributed by atoms with van der Waals surface area (Å²) in [6.45, 7) is 11.2. The van der Waals surface area contributed by atoms with Crippen LogP contribution in [-0.2, 0) is 23.8 Å². The van der Waals surface area contributed by atoms with Crippen LogP contribution in [-0.4, -0.2) is 55.2 Å². The van der Waals surface area contributed by atoms with Gasteiger partial charge in [-0.3, -0.25) is 9.59 Å². The summed E-state index contributed by atoms with van der Waals surface area (Å²) in [5.74, 6) is -3.16. The minimum atomic E-state index is -1.37. The number of benzene rings is 1. The molecule has 0 aliphatic heterocycles. The quantitative estimate of drug-likeness (QED) is 0.177. The number of ether oxygens (including phenoxy) is 5. The molecular weight excluding hydrogens is 498 g/mol. The molecule has 0 fully saturated rings. The van der Waals surface area contributed by atoms with Gasteiger partial charge >= 0.3 is 24.2 Å². The topological polar surface area (TPSA) is 161 Å². The van der Waals surface area contributed by atoms with Gasteiger partial charge in [0.05, 0.1) is 19.8 Å². The Morgan fingerprint density at radius 1 is 0.816 bits per heavy atom. The van der Waals surface area contributed by atoms with Gasteiger partial charge in [-0.15, -0.1) is 0 Å². The van der Waals surface area contributed by atoms with Gasteiger partial charge in [-0.1, -0.05) is 60.5 Å². The van der Waals surface area contributed by atoms with Gasteiger partial charge in [-0.05, 0) is 35.4 Å². The monoisotopic (exact) mass is 539 g/mol. The summed E-state index contributed by atoms with van der Waals surface area (Å²) in [6, 6.07) is 2.83. The standard InChI is InChI=1S/C27H41NO10/c1-7-16(4)13-35-26(32)37-20-11-10-19(12-21(20)38-27(33)36-14-17(5)8-2)23(24(28)25(30)31)18(6)15-34-22(29)9-3/h10-12,16-18,23-24H,7-9,13-15,28H2,1-6H3,(H,30,31)/t16?,17?,18?,23?,24-/m0/s1. The fraction of sp³-hybridized carbons (Fsp3) is 0.630. The molecule has 0 amide bonds. The predicted octanol–water partition coefficient (Wildman–Crippen LogP) is 4.89. The Balaban J connectivity index is 3.32. The maximum Gasteiger partial charge on any atom is 0.513 e. The van der Waals surface area contributed by atoms with Crippen LogP contribution in [0.1, 0.15) is 72.3 Å². The van der Waals surface area contributed by atoms with Crippen molar-refractivity contribution in [3.8, 4) is 11.5 Å². The zero-order valence-corrected chi connectivity index (χ0v) is 23.1. The highest BCUT2D eigenvalue weighted by Gasteiger charge is 2.33. The second-order valence-corrected chi connectivity index (χ2v) is 9.46. The minimum absolute atomic E-state index is 0.0777. The van der Waals surface area contributed by atoms with Gasteiger partial charge in [0.25, 0.3) is 0 Å². The van der Waals surface area contributed by atoms with E-state index in [1.165, 1.54) is 18.2 Å². The van der Waals surface area contributed by atoms with Crippen LogP contribution in [0.2, 0.25) is 0 Å². The fourth-order valence-corrected chi connectivity index (χ4v) is 3.26. The molecule has 4 unspecified atom stereocenters. The largest absolute Gasteiger partial charge is 0.513 e. The normalized spacial score (nSPS) is 14.8. The van der Waals surface area contributed by atoms with E-state index in [9.17, 15) is 24.3 Å². The van der Waals surface area contributed by atoms with Gasteiger partial charge in [0, 0.05) is 12.3 Å². The number of carboxylic acid groups (broad SMARTS) is 1.